The summed E-state index contributed by atoms with van der Waals surface area (Å²) in [5.41, 5.74) is -0.198. The Hall–Kier alpha value is -2.08. The number of amides is 3. The normalized spacial score (nSPS) is 26.8. The molecule has 1 aromatic carbocycles. The van der Waals surface area contributed by atoms with Crippen molar-refractivity contribution in [2.75, 3.05) is 13.1 Å². The Morgan fingerprint density at radius 2 is 2.00 bits per heavy atom. The van der Waals surface area contributed by atoms with Gasteiger partial charge in [-0.3, -0.25) is 4.79 Å². The van der Waals surface area contributed by atoms with Crippen molar-refractivity contribution in [3.05, 3.63) is 35.9 Å². The Labute approximate surface area is 143 Å². The molecule has 0 bridgehead atoms. The molecule has 0 aromatic heterocycles. The van der Waals surface area contributed by atoms with E-state index in [-0.39, 0.29) is 11.9 Å². The van der Waals surface area contributed by atoms with Gasteiger partial charge >= 0.3 is 6.03 Å². The fourth-order valence-corrected chi connectivity index (χ4v) is 3.20. The number of nitrogens with one attached hydrogen (secondary N) is 2. The highest BCUT2D eigenvalue weighted by Gasteiger charge is 2.47. The standard InChI is InChI=1S/C18H27N3O3/c1-4-11-19-17(23)21-12-10-18(3,24)16(20-13(2)22)15(21)14-8-6-5-7-9-14/h5-9,15-16,24H,4,10-12H2,1-3H3,(H,19,23)(H,20,22)/t15-,16-,18+/m0/s1. The molecule has 1 aromatic rings. The minimum absolute atomic E-state index is 0.170. The summed E-state index contributed by atoms with van der Waals surface area (Å²) in [6, 6.07) is 8.37. The summed E-state index contributed by atoms with van der Waals surface area (Å²) < 4.78 is 0. The van der Waals surface area contributed by atoms with Gasteiger partial charge in [-0.2, -0.15) is 0 Å². The van der Waals surface area contributed by atoms with Crippen LogP contribution in [-0.2, 0) is 4.79 Å². The molecular formula is C18H27N3O3. The molecular weight excluding hydrogens is 306 g/mol. The summed E-state index contributed by atoms with van der Waals surface area (Å²) >= 11 is 0. The van der Waals surface area contributed by atoms with Crippen molar-refractivity contribution < 1.29 is 14.7 Å². The quantitative estimate of drug-likeness (QED) is 0.786. The van der Waals surface area contributed by atoms with E-state index in [1.54, 1.807) is 11.8 Å². The number of benzene rings is 1. The number of rotatable bonds is 4. The summed E-state index contributed by atoms with van der Waals surface area (Å²) in [4.78, 5) is 26.0. The van der Waals surface area contributed by atoms with Gasteiger partial charge in [-0.25, -0.2) is 4.79 Å². The number of piperidine rings is 1. The number of urea groups is 1. The molecule has 3 amide bonds. The average molecular weight is 333 g/mol. The van der Waals surface area contributed by atoms with Gasteiger partial charge in [0.05, 0.1) is 17.7 Å². The minimum atomic E-state index is -1.09. The lowest BCUT2D eigenvalue weighted by molar-refractivity contribution is -0.125. The first-order valence-corrected chi connectivity index (χ1v) is 8.45. The van der Waals surface area contributed by atoms with Crippen molar-refractivity contribution in [1.29, 1.82) is 0 Å². The van der Waals surface area contributed by atoms with Gasteiger partial charge < -0.3 is 20.6 Å². The highest BCUT2D eigenvalue weighted by molar-refractivity contribution is 5.76. The molecule has 0 radical (unpaired) electrons. The molecule has 6 nitrogen and oxygen atoms in total. The molecule has 0 spiro atoms. The Bertz CT molecular complexity index is 574. The Balaban J connectivity index is 2.39. The van der Waals surface area contributed by atoms with E-state index in [1.165, 1.54) is 6.92 Å². The molecule has 1 saturated heterocycles. The molecule has 0 saturated carbocycles. The van der Waals surface area contributed by atoms with Crippen LogP contribution in [0, 0.1) is 0 Å². The third-order valence-electron chi connectivity index (χ3n) is 4.47. The lowest BCUT2D eigenvalue weighted by atomic mass is 9.79. The first-order chi connectivity index (χ1) is 11.4. The van der Waals surface area contributed by atoms with Crippen LogP contribution in [-0.4, -0.2) is 46.7 Å². The van der Waals surface area contributed by atoms with Crippen LogP contribution >= 0.6 is 0 Å². The van der Waals surface area contributed by atoms with Crippen molar-refractivity contribution in [1.82, 2.24) is 15.5 Å². The van der Waals surface area contributed by atoms with E-state index >= 15 is 0 Å². The SMILES string of the molecule is CCCNC(=O)N1CC[C@@](C)(O)[C@@H](NC(C)=O)[C@@H]1c1ccccc1. The molecule has 1 heterocycles. The lowest BCUT2D eigenvalue weighted by Gasteiger charge is -2.48. The molecule has 24 heavy (non-hydrogen) atoms. The predicted molar refractivity (Wildman–Crippen MR) is 92.4 cm³/mol. The van der Waals surface area contributed by atoms with Gasteiger partial charge in [-0.1, -0.05) is 37.3 Å². The van der Waals surface area contributed by atoms with Gasteiger partial charge in [0, 0.05) is 20.0 Å². The van der Waals surface area contributed by atoms with E-state index in [2.05, 4.69) is 10.6 Å². The fourth-order valence-electron chi connectivity index (χ4n) is 3.20. The highest BCUT2D eigenvalue weighted by atomic mass is 16.3. The lowest BCUT2D eigenvalue weighted by Crippen LogP contribution is -2.64. The molecule has 132 valence electrons. The van der Waals surface area contributed by atoms with Crippen LogP contribution < -0.4 is 10.6 Å². The van der Waals surface area contributed by atoms with Crippen molar-refractivity contribution >= 4 is 11.9 Å². The molecule has 1 aliphatic heterocycles. The zero-order valence-corrected chi connectivity index (χ0v) is 14.6. The molecule has 0 unspecified atom stereocenters. The van der Waals surface area contributed by atoms with Crippen LogP contribution in [0.2, 0.25) is 0 Å². The maximum absolute atomic E-state index is 12.6. The second-order valence-corrected chi connectivity index (χ2v) is 6.57. The third kappa shape index (κ3) is 4.06. The second kappa shape index (κ2) is 7.66. The molecule has 6 heteroatoms. The van der Waals surface area contributed by atoms with Gasteiger partial charge in [0.2, 0.25) is 5.91 Å². The van der Waals surface area contributed by atoms with Crippen LogP contribution in [0.1, 0.15) is 45.2 Å². The van der Waals surface area contributed by atoms with Crippen LogP contribution in [0.25, 0.3) is 0 Å². The molecule has 0 aliphatic carbocycles. The maximum atomic E-state index is 12.6. The van der Waals surface area contributed by atoms with Gasteiger partial charge in [0.15, 0.2) is 0 Å². The number of nitrogens with zero attached hydrogens (tertiary/aromatic N) is 1. The molecule has 1 aliphatic rings. The van der Waals surface area contributed by atoms with E-state index in [9.17, 15) is 14.7 Å². The van der Waals surface area contributed by atoms with E-state index in [1.807, 2.05) is 37.3 Å². The van der Waals surface area contributed by atoms with Gasteiger partial charge in [-0.15, -0.1) is 0 Å². The van der Waals surface area contributed by atoms with Gasteiger partial charge in [-0.05, 0) is 25.3 Å². The van der Waals surface area contributed by atoms with E-state index in [0.717, 1.165) is 12.0 Å². The van der Waals surface area contributed by atoms with Gasteiger partial charge in [0.25, 0.3) is 0 Å². The van der Waals surface area contributed by atoms with Crippen molar-refractivity contribution in [2.24, 2.45) is 0 Å². The smallest absolute Gasteiger partial charge is 0.317 e. The summed E-state index contributed by atoms with van der Waals surface area (Å²) in [6.45, 7) is 6.16. The Kier molecular flexibility index (Phi) is 5.83. The van der Waals surface area contributed by atoms with Crippen LogP contribution in [0.3, 0.4) is 0 Å². The van der Waals surface area contributed by atoms with E-state index < -0.39 is 17.7 Å². The maximum Gasteiger partial charge on any atom is 0.317 e. The number of likely N-dealkylation sites (tertiary alicyclic amines) is 1. The van der Waals surface area contributed by atoms with Crippen molar-refractivity contribution in [3.8, 4) is 0 Å². The Morgan fingerprint density at radius 3 is 2.58 bits per heavy atom. The van der Waals surface area contributed by atoms with Crippen LogP contribution in [0.15, 0.2) is 30.3 Å². The van der Waals surface area contributed by atoms with Crippen molar-refractivity contribution in [3.63, 3.8) is 0 Å². The zero-order valence-electron chi connectivity index (χ0n) is 14.6. The van der Waals surface area contributed by atoms with Gasteiger partial charge in [0.1, 0.15) is 0 Å². The molecule has 2 rings (SSSR count). The first-order valence-electron chi connectivity index (χ1n) is 8.45. The number of hydrogen-bond acceptors (Lipinski definition) is 3. The van der Waals surface area contributed by atoms with Crippen molar-refractivity contribution in [2.45, 2.75) is 51.3 Å². The summed E-state index contributed by atoms with van der Waals surface area (Å²) in [5.74, 6) is -0.225. The molecule has 3 atom stereocenters. The van der Waals surface area contributed by atoms with Crippen LogP contribution in [0.5, 0.6) is 0 Å². The number of aliphatic hydroxyl groups is 1. The number of carbonyl (C=O) groups excluding carboxylic acids is 2. The van der Waals surface area contributed by atoms with Crippen LogP contribution in [0.4, 0.5) is 4.79 Å². The summed E-state index contributed by atoms with van der Waals surface area (Å²) in [5, 5.41) is 16.6. The third-order valence-corrected chi connectivity index (χ3v) is 4.47. The first kappa shape index (κ1) is 18.3. The minimum Gasteiger partial charge on any atom is -0.388 e. The molecule has 3 N–H and O–H groups in total. The summed E-state index contributed by atoms with van der Waals surface area (Å²) in [6.07, 6.45) is 1.25. The monoisotopic (exact) mass is 333 g/mol. The number of carbonyl (C=O) groups is 2. The Morgan fingerprint density at radius 1 is 1.33 bits per heavy atom. The van der Waals surface area contributed by atoms with E-state index in [4.69, 9.17) is 0 Å². The number of hydrogen-bond donors (Lipinski definition) is 3. The largest absolute Gasteiger partial charge is 0.388 e. The van der Waals surface area contributed by atoms with E-state index in [0.29, 0.717) is 19.5 Å². The predicted octanol–water partition coefficient (Wildman–Crippen LogP) is 1.81. The fraction of sp³-hybridized carbons (Fsp3) is 0.556. The highest BCUT2D eigenvalue weighted by Crippen LogP contribution is 2.37. The molecule has 1 fully saturated rings. The average Bonchev–Trinajstić information content (AvgIpc) is 2.54. The second-order valence-electron chi connectivity index (χ2n) is 6.57. The zero-order chi connectivity index (χ0) is 17.7. The summed E-state index contributed by atoms with van der Waals surface area (Å²) in [7, 11) is 0. The topological polar surface area (TPSA) is 81.7 Å².